The Balaban J connectivity index is 1.65. The van der Waals surface area contributed by atoms with Crippen LogP contribution >= 0.6 is 0 Å². The molecule has 210 valence electrons. The number of hydrogen-bond donors (Lipinski definition) is 3. The van der Waals surface area contributed by atoms with Gasteiger partial charge < -0.3 is 26.0 Å². The second-order valence-corrected chi connectivity index (χ2v) is 12.2. The van der Waals surface area contributed by atoms with Gasteiger partial charge in [0.15, 0.2) is 6.04 Å². The molecule has 2 aliphatic rings. The average Bonchev–Trinajstić information content (AvgIpc) is 3.20. The number of hydrogen-bond acceptors (Lipinski definition) is 7. The smallest absolute Gasteiger partial charge is 0.249 e. The number of amides is 4. The Morgan fingerprint density at radius 1 is 1.15 bits per heavy atom. The second-order valence-electron chi connectivity index (χ2n) is 12.2. The maximum Gasteiger partial charge on any atom is 0.249 e. The van der Waals surface area contributed by atoms with Crippen LogP contribution in [-0.2, 0) is 23.9 Å². The molecule has 39 heavy (non-hydrogen) atoms. The Morgan fingerprint density at radius 2 is 1.82 bits per heavy atom. The zero-order valence-corrected chi connectivity index (χ0v) is 23.5. The van der Waals surface area contributed by atoms with Crippen molar-refractivity contribution >= 4 is 34.4 Å². The molecule has 4 amide bonds. The third-order valence-corrected chi connectivity index (χ3v) is 8.33. The summed E-state index contributed by atoms with van der Waals surface area (Å²) in [6.45, 7) is 11.7. The predicted molar refractivity (Wildman–Crippen MR) is 144 cm³/mol. The normalized spacial score (nSPS) is 23.9. The van der Waals surface area contributed by atoms with Crippen LogP contribution in [0, 0.1) is 22.7 Å². The number of benzene rings is 1. The quantitative estimate of drug-likeness (QED) is 0.457. The highest BCUT2D eigenvalue weighted by atomic mass is 16.5. The lowest BCUT2D eigenvalue weighted by molar-refractivity contribution is -0.147. The molecule has 0 radical (unpaired) electrons. The van der Waals surface area contributed by atoms with Crippen LogP contribution in [-0.4, -0.2) is 70.6 Å². The number of likely N-dealkylation sites (tertiary alicyclic amines) is 1. The fraction of sp³-hybridized carbons (Fsp3) is 0.571. The maximum absolute atomic E-state index is 14.0. The van der Waals surface area contributed by atoms with E-state index in [1.807, 2.05) is 32.9 Å². The van der Waals surface area contributed by atoms with Gasteiger partial charge >= 0.3 is 0 Å². The van der Waals surface area contributed by atoms with Gasteiger partial charge in [0.1, 0.15) is 23.9 Å². The van der Waals surface area contributed by atoms with Crippen LogP contribution in [0.1, 0.15) is 53.3 Å². The summed E-state index contributed by atoms with van der Waals surface area (Å²) in [5.41, 5.74) is 5.18. The van der Waals surface area contributed by atoms with Crippen molar-refractivity contribution in [2.24, 2.45) is 28.4 Å². The monoisotopic (exact) mass is 538 g/mol. The maximum atomic E-state index is 14.0. The highest BCUT2D eigenvalue weighted by Crippen LogP contribution is 2.65. The molecule has 1 aromatic carbocycles. The molecule has 1 unspecified atom stereocenters. The summed E-state index contributed by atoms with van der Waals surface area (Å²) in [5.74, 6) is -2.06. The van der Waals surface area contributed by atoms with E-state index in [4.69, 9.17) is 10.5 Å². The van der Waals surface area contributed by atoms with Crippen molar-refractivity contribution in [1.82, 2.24) is 25.7 Å². The highest BCUT2D eigenvalue weighted by molar-refractivity contribution is 5.97. The first-order chi connectivity index (χ1) is 18.2. The van der Waals surface area contributed by atoms with Crippen molar-refractivity contribution in [3.8, 4) is 0 Å². The van der Waals surface area contributed by atoms with Crippen molar-refractivity contribution < 1.29 is 23.9 Å². The van der Waals surface area contributed by atoms with Crippen LogP contribution in [0.25, 0.3) is 10.8 Å². The predicted octanol–water partition coefficient (Wildman–Crippen LogP) is 1.32. The SMILES string of the molecule is CO[C@@H](C)C(=O)N[C@H](C(=O)N1C[C@H]2[C@@H]([C@H]1C(=O)NC(C(N)=O)c1nncc3ccccc13)C2(C)C)C(C)(C)C. The molecule has 2 heterocycles. The zero-order valence-electron chi connectivity index (χ0n) is 23.5. The van der Waals surface area contributed by atoms with Crippen molar-refractivity contribution in [2.75, 3.05) is 13.7 Å². The van der Waals surface area contributed by atoms with Gasteiger partial charge in [0.05, 0.1) is 6.20 Å². The lowest BCUT2D eigenvalue weighted by Crippen LogP contribution is -2.60. The van der Waals surface area contributed by atoms with Gasteiger partial charge in [0.25, 0.3) is 0 Å². The van der Waals surface area contributed by atoms with E-state index in [0.29, 0.717) is 11.9 Å². The molecule has 0 spiro atoms. The lowest BCUT2D eigenvalue weighted by Gasteiger charge is -2.38. The summed E-state index contributed by atoms with van der Waals surface area (Å²) in [5, 5.41) is 15.1. The lowest BCUT2D eigenvalue weighted by atomic mass is 9.85. The van der Waals surface area contributed by atoms with E-state index < -0.39 is 47.4 Å². The molecule has 1 aliphatic carbocycles. The minimum absolute atomic E-state index is 0.107. The van der Waals surface area contributed by atoms with E-state index in [-0.39, 0.29) is 28.9 Å². The highest BCUT2D eigenvalue weighted by Gasteiger charge is 2.70. The standard InChI is InChI=1S/C28H38N6O5/c1-14(39-7)24(36)32-22(27(2,3)4)26(38)34-13-17-18(28(17,5)6)21(34)25(37)31-20(23(29)35)19-16-11-9-8-10-15(16)12-30-33-19/h8-12,14,17-18,20-22H,13H2,1-7H3,(H2,29,35)(H,31,37)(H,32,36)/t14-,17-,18-,20?,21-,22+/m0/s1. The first-order valence-corrected chi connectivity index (χ1v) is 13.1. The molecule has 1 saturated heterocycles. The number of nitrogens with zero attached hydrogens (tertiary/aromatic N) is 3. The summed E-state index contributed by atoms with van der Waals surface area (Å²) < 4.78 is 5.12. The van der Waals surface area contributed by atoms with Gasteiger partial charge in [0.2, 0.25) is 23.6 Å². The van der Waals surface area contributed by atoms with Gasteiger partial charge in [-0.15, -0.1) is 0 Å². The van der Waals surface area contributed by atoms with Crippen LogP contribution in [0.15, 0.2) is 30.5 Å². The Hall–Kier alpha value is -3.60. The number of fused-ring (bicyclic) bond motifs is 2. The molecule has 1 aromatic heterocycles. The first-order valence-electron chi connectivity index (χ1n) is 13.1. The molecule has 2 aromatic rings. The fourth-order valence-corrected chi connectivity index (χ4v) is 5.76. The number of nitrogens with one attached hydrogen (secondary N) is 2. The number of methoxy groups -OCH3 is 1. The largest absolute Gasteiger partial charge is 0.372 e. The van der Waals surface area contributed by atoms with Gasteiger partial charge in [-0.2, -0.15) is 10.2 Å². The summed E-state index contributed by atoms with van der Waals surface area (Å²) in [7, 11) is 1.42. The van der Waals surface area contributed by atoms with Gasteiger partial charge in [-0.3, -0.25) is 19.2 Å². The van der Waals surface area contributed by atoms with Crippen molar-refractivity contribution in [3.63, 3.8) is 0 Å². The van der Waals surface area contributed by atoms with Crippen molar-refractivity contribution in [3.05, 3.63) is 36.2 Å². The molecule has 11 nitrogen and oxygen atoms in total. The summed E-state index contributed by atoms with van der Waals surface area (Å²) in [4.78, 5) is 54.7. The molecule has 2 fully saturated rings. The van der Waals surface area contributed by atoms with Crippen molar-refractivity contribution in [1.29, 1.82) is 0 Å². The summed E-state index contributed by atoms with van der Waals surface area (Å²) in [6.07, 6.45) is 0.824. The molecule has 11 heteroatoms. The van der Waals surface area contributed by atoms with E-state index in [0.717, 1.165) is 5.39 Å². The number of carbonyl (C=O) groups is 4. The number of rotatable bonds is 8. The molecule has 6 atom stereocenters. The van der Waals surface area contributed by atoms with Gasteiger partial charge in [-0.25, -0.2) is 0 Å². The van der Waals surface area contributed by atoms with Crippen LogP contribution in [0.4, 0.5) is 0 Å². The molecule has 1 saturated carbocycles. The summed E-state index contributed by atoms with van der Waals surface area (Å²) >= 11 is 0. The molecule has 4 N–H and O–H groups in total. The third-order valence-electron chi connectivity index (χ3n) is 8.33. The molecule has 1 aliphatic heterocycles. The number of carbonyl (C=O) groups excluding carboxylic acids is 4. The van der Waals surface area contributed by atoms with E-state index in [1.54, 1.807) is 25.3 Å². The number of aromatic nitrogens is 2. The van der Waals surface area contributed by atoms with Gasteiger partial charge in [-0.05, 0) is 29.6 Å². The molecule has 0 bridgehead atoms. The fourth-order valence-electron chi connectivity index (χ4n) is 5.76. The van der Waals surface area contributed by atoms with Crippen LogP contribution in [0.2, 0.25) is 0 Å². The zero-order chi connectivity index (χ0) is 28.9. The molecular weight excluding hydrogens is 500 g/mol. The molecule has 4 rings (SSSR count). The van der Waals surface area contributed by atoms with E-state index in [9.17, 15) is 19.2 Å². The number of primary amides is 1. The van der Waals surface area contributed by atoms with Crippen LogP contribution in [0.3, 0.4) is 0 Å². The van der Waals surface area contributed by atoms with Crippen molar-refractivity contribution in [2.45, 2.75) is 65.8 Å². The molecular formula is C28H38N6O5. The third kappa shape index (κ3) is 5.19. The summed E-state index contributed by atoms with van der Waals surface area (Å²) in [6, 6.07) is 4.26. The second kappa shape index (κ2) is 10.2. The van der Waals surface area contributed by atoms with E-state index in [1.165, 1.54) is 12.0 Å². The van der Waals surface area contributed by atoms with Crippen LogP contribution < -0.4 is 16.4 Å². The number of nitrogens with two attached hydrogens (primary N) is 1. The average molecular weight is 539 g/mol. The van der Waals surface area contributed by atoms with Gasteiger partial charge in [-0.1, -0.05) is 58.9 Å². The first kappa shape index (κ1) is 28.4. The Labute approximate surface area is 228 Å². The Bertz CT molecular complexity index is 1300. The number of ether oxygens (including phenoxy) is 1. The minimum atomic E-state index is -1.24. The Morgan fingerprint density at radius 3 is 2.44 bits per heavy atom. The van der Waals surface area contributed by atoms with Crippen LogP contribution in [0.5, 0.6) is 0 Å². The van der Waals surface area contributed by atoms with Gasteiger partial charge in [0, 0.05) is 24.4 Å². The minimum Gasteiger partial charge on any atom is -0.372 e. The van der Waals surface area contributed by atoms with E-state index in [2.05, 4.69) is 34.7 Å². The number of piperidine rings is 1. The Kier molecular flexibility index (Phi) is 7.41. The van der Waals surface area contributed by atoms with E-state index >= 15 is 0 Å². The topological polar surface area (TPSA) is 157 Å².